The molecule has 3 N–H and O–H groups in total. The van der Waals surface area contributed by atoms with Crippen molar-refractivity contribution in [1.82, 2.24) is 14.9 Å². The van der Waals surface area contributed by atoms with Crippen molar-refractivity contribution in [3.8, 4) is 0 Å². The van der Waals surface area contributed by atoms with E-state index in [2.05, 4.69) is 24.1 Å². The topological polar surface area (TPSA) is 72.9 Å². The molecule has 1 amide bonds. The van der Waals surface area contributed by atoms with Crippen LogP contribution in [-0.4, -0.2) is 28.5 Å². The summed E-state index contributed by atoms with van der Waals surface area (Å²) >= 11 is 0. The van der Waals surface area contributed by atoms with Gasteiger partial charge >= 0.3 is 0 Å². The van der Waals surface area contributed by atoms with Gasteiger partial charge in [-0.15, -0.1) is 0 Å². The van der Waals surface area contributed by atoms with Gasteiger partial charge in [0.1, 0.15) is 5.69 Å². The van der Waals surface area contributed by atoms with Crippen molar-refractivity contribution in [3.05, 3.63) is 18.2 Å². The Balaban J connectivity index is 2.46. The number of nitrogens with two attached hydrogens (primary N) is 1. The summed E-state index contributed by atoms with van der Waals surface area (Å²) in [5, 5.41) is 2.91. The molecule has 0 aliphatic heterocycles. The molecule has 0 fully saturated rings. The summed E-state index contributed by atoms with van der Waals surface area (Å²) < 4.78 is 1.83. The van der Waals surface area contributed by atoms with Crippen LogP contribution in [-0.2, 0) is 6.54 Å². The minimum Gasteiger partial charge on any atom is -0.350 e. The third-order valence-corrected chi connectivity index (χ3v) is 2.96. The van der Waals surface area contributed by atoms with E-state index in [0.717, 1.165) is 19.4 Å². The molecule has 0 spiro atoms. The fraction of sp³-hybridized carbons (Fsp3) is 0.667. The zero-order valence-electron chi connectivity index (χ0n) is 10.6. The standard InChI is InChI=1S/C12H22N4O/c1-3-10(4-2)7-14-12(17)11-8-16(6-5-13)9-15-11/h8-10H,3-7,13H2,1-2H3,(H,14,17). The van der Waals surface area contributed by atoms with Gasteiger partial charge in [0.05, 0.1) is 6.33 Å². The molecule has 5 nitrogen and oxygen atoms in total. The van der Waals surface area contributed by atoms with Gasteiger partial charge in [-0.25, -0.2) is 4.98 Å². The maximum Gasteiger partial charge on any atom is 0.271 e. The Morgan fingerprint density at radius 3 is 2.82 bits per heavy atom. The van der Waals surface area contributed by atoms with E-state index < -0.39 is 0 Å². The average molecular weight is 238 g/mol. The molecule has 0 aliphatic carbocycles. The minimum absolute atomic E-state index is 0.104. The highest BCUT2D eigenvalue weighted by Gasteiger charge is 2.10. The van der Waals surface area contributed by atoms with Crippen LogP contribution in [0.1, 0.15) is 37.2 Å². The van der Waals surface area contributed by atoms with E-state index >= 15 is 0 Å². The lowest BCUT2D eigenvalue weighted by Gasteiger charge is -2.12. The highest BCUT2D eigenvalue weighted by atomic mass is 16.1. The number of nitrogens with one attached hydrogen (secondary N) is 1. The van der Waals surface area contributed by atoms with Gasteiger partial charge in [-0.3, -0.25) is 4.79 Å². The van der Waals surface area contributed by atoms with Gasteiger partial charge in [-0.2, -0.15) is 0 Å². The predicted octanol–water partition coefficient (Wildman–Crippen LogP) is 1.01. The first-order chi connectivity index (χ1) is 8.21. The monoisotopic (exact) mass is 238 g/mol. The van der Waals surface area contributed by atoms with E-state index in [1.54, 1.807) is 12.5 Å². The first kappa shape index (κ1) is 13.7. The molecule has 0 aromatic carbocycles. The molecule has 1 aromatic rings. The minimum atomic E-state index is -0.104. The molecule has 1 aromatic heterocycles. The lowest BCUT2D eigenvalue weighted by Crippen LogP contribution is -2.29. The number of carbonyl (C=O) groups is 1. The Morgan fingerprint density at radius 2 is 2.24 bits per heavy atom. The number of carbonyl (C=O) groups excluding carboxylic acids is 1. The Kier molecular flexibility index (Phi) is 5.69. The molecule has 0 bridgehead atoms. The SMILES string of the molecule is CCC(CC)CNC(=O)c1cn(CCN)cn1. The van der Waals surface area contributed by atoms with Gasteiger partial charge in [0.2, 0.25) is 0 Å². The molecule has 17 heavy (non-hydrogen) atoms. The van der Waals surface area contributed by atoms with Crippen molar-refractivity contribution in [2.24, 2.45) is 11.7 Å². The summed E-state index contributed by atoms with van der Waals surface area (Å²) in [5.41, 5.74) is 5.89. The van der Waals surface area contributed by atoms with Gasteiger partial charge in [-0.05, 0) is 5.92 Å². The Bertz CT molecular complexity index is 344. The first-order valence-electron chi connectivity index (χ1n) is 6.21. The second kappa shape index (κ2) is 7.06. The smallest absolute Gasteiger partial charge is 0.271 e. The van der Waals surface area contributed by atoms with Crippen molar-refractivity contribution in [2.75, 3.05) is 13.1 Å². The van der Waals surface area contributed by atoms with E-state index in [9.17, 15) is 4.79 Å². The lowest BCUT2D eigenvalue weighted by atomic mass is 10.0. The summed E-state index contributed by atoms with van der Waals surface area (Å²) in [7, 11) is 0. The van der Waals surface area contributed by atoms with E-state index in [1.165, 1.54) is 0 Å². The van der Waals surface area contributed by atoms with Crippen molar-refractivity contribution in [1.29, 1.82) is 0 Å². The van der Waals surface area contributed by atoms with Gasteiger partial charge < -0.3 is 15.6 Å². The number of hydrogen-bond acceptors (Lipinski definition) is 3. The number of hydrogen-bond donors (Lipinski definition) is 2. The first-order valence-corrected chi connectivity index (χ1v) is 6.21. The largest absolute Gasteiger partial charge is 0.350 e. The van der Waals surface area contributed by atoms with Crippen molar-refractivity contribution < 1.29 is 4.79 Å². The van der Waals surface area contributed by atoms with Crippen LogP contribution in [0.5, 0.6) is 0 Å². The normalized spacial score (nSPS) is 10.8. The Hall–Kier alpha value is -1.36. The summed E-state index contributed by atoms with van der Waals surface area (Å²) in [6, 6.07) is 0. The highest BCUT2D eigenvalue weighted by molar-refractivity contribution is 5.91. The van der Waals surface area contributed by atoms with Crippen molar-refractivity contribution in [2.45, 2.75) is 33.2 Å². The van der Waals surface area contributed by atoms with Gasteiger partial charge in [0.15, 0.2) is 0 Å². The van der Waals surface area contributed by atoms with E-state index in [1.807, 2.05) is 4.57 Å². The molecule has 1 rings (SSSR count). The third-order valence-electron chi connectivity index (χ3n) is 2.96. The van der Waals surface area contributed by atoms with Crippen LogP contribution >= 0.6 is 0 Å². The quantitative estimate of drug-likeness (QED) is 0.744. The number of rotatable bonds is 7. The van der Waals surface area contributed by atoms with Crippen LogP contribution in [0.25, 0.3) is 0 Å². The fourth-order valence-electron chi connectivity index (χ4n) is 1.65. The average Bonchev–Trinajstić information content (AvgIpc) is 2.79. The molecule has 0 radical (unpaired) electrons. The summed E-state index contributed by atoms with van der Waals surface area (Å²) in [5.74, 6) is 0.442. The lowest BCUT2D eigenvalue weighted by molar-refractivity contribution is 0.0942. The van der Waals surface area contributed by atoms with Crippen LogP contribution in [0, 0.1) is 5.92 Å². The molecule has 0 aliphatic rings. The second-order valence-electron chi connectivity index (χ2n) is 4.18. The summed E-state index contributed by atoms with van der Waals surface area (Å²) in [4.78, 5) is 15.8. The van der Waals surface area contributed by atoms with Gasteiger partial charge in [0.25, 0.3) is 5.91 Å². The molecule has 0 unspecified atom stereocenters. The van der Waals surface area contributed by atoms with Crippen molar-refractivity contribution >= 4 is 5.91 Å². The van der Waals surface area contributed by atoms with Gasteiger partial charge in [-0.1, -0.05) is 26.7 Å². The number of imidazole rings is 1. The molecule has 0 saturated carbocycles. The zero-order valence-corrected chi connectivity index (χ0v) is 10.6. The third kappa shape index (κ3) is 4.19. The van der Waals surface area contributed by atoms with Crippen molar-refractivity contribution in [3.63, 3.8) is 0 Å². The van der Waals surface area contributed by atoms with Gasteiger partial charge in [0, 0.05) is 25.8 Å². The van der Waals surface area contributed by atoms with E-state index in [4.69, 9.17) is 5.73 Å². The van der Waals surface area contributed by atoms with Crippen LogP contribution in [0.2, 0.25) is 0 Å². The molecule has 5 heteroatoms. The van der Waals surface area contributed by atoms with Crippen LogP contribution in [0.4, 0.5) is 0 Å². The number of nitrogens with zero attached hydrogens (tertiary/aromatic N) is 2. The Labute approximate surface area is 102 Å². The predicted molar refractivity (Wildman–Crippen MR) is 67.7 cm³/mol. The fourth-order valence-corrected chi connectivity index (χ4v) is 1.65. The summed E-state index contributed by atoms with van der Waals surface area (Å²) in [6.07, 6.45) is 5.53. The highest BCUT2D eigenvalue weighted by Crippen LogP contribution is 2.05. The number of amides is 1. The van der Waals surface area contributed by atoms with Crippen LogP contribution in [0.15, 0.2) is 12.5 Å². The summed E-state index contributed by atoms with van der Waals surface area (Å²) in [6.45, 7) is 6.22. The molecule has 96 valence electrons. The molecule has 1 heterocycles. The van der Waals surface area contributed by atoms with Crippen LogP contribution < -0.4 is 11.1 Å². The van der Waals surface area contributed by atoms with Crippen LogP contribution in [0.3, 0.4) is 0 Å². The molecular formula is C12H22N4O. The zero-order chi connectivity index (χ0) is 12.7. The maximum absolute atomic E-state index is 11.8. The van der Waals surface area contributed by atoms with E-state index in [0.29, 0.717) is 24.7 Å². The maximum atomic E-state index is 11.8. The molecule has 0 saturated heterocycles. The Morgan fingerprint density at radius 1 is 1.53 bits per heavy atom. The second-order valence-corrected chi connectivity index (χ2v) is 4.18. The van der Waals surface area contributed by atoms with E-state index in [-0.39, 0.29) is 5.91 Å². The molecular weight excluding hydrogens is 216 g/mol. The molecule has 0 atom stereocenters. The number of aromatic nitrogens is 2.